The Labute approximate surface area is 146 Å². The van der Waals surface area contributed by atoms with Crippen LogP contribution in [0.3, 0.4) is 0 Å². The number of phosphoric ester groups is 1. The van der Waals surface area contributed by atoms with E-state index in [9.17, 15) is 28.2 Å². The number of nitrogens with one attached hydrogen (secondary N) is 1. The molecule has 0 saturated carbocycles. The first-order valence-corrected chi connectivity index (χ1v) is 11.4. The van der Waals surface area contributed by atoms with Gasteiger partial charge in [0.05, 0.1) is 0 Å². The Morgan fingerprint density at radius 1 is 0.962 bits per heavy atom. The molecule has 2 heterocycles. The molecule has 0 spiro atoms. The van der Waals surface area contributed by atoms with Crippen LogP contribution in [0.2, 0.25) is 0 Å². The van der Waals surface area contributed by atoms with Crippen molar-refractivity contribution >= 4 is 34.8 Å². The molecule has 26 heavy (non-hydrogen) atoms. The molecule has 0 fully saturated rings. The second-order valence-corrected chi connectivity index (χ2v) is 9.62. The van der Waals surface area contributed by atoms with Gasteiger partial charge in [0.2, 0.25) is 0 Å². The van der Waals surface area contributed by atoms with Gasteiger partial charge >= 0.3 is 29.2 Å². The Kier molecular flexibility index (Phi) is 5.90. The van der Waals surface area contributed by atoms with Crippen LogP contribution in [0.25, 0.3) is 5.00 Å². The van der Waals surface area contributed by atoms with Crippen LogP contribution in [0.5, 0.6) is 5.06 Å². The van der Waals surface area contributed by atoms with Gasteiger partial charge in [-0.15, -0.1) is 0 Å². The number of phosphoric acid groups is 3. The second-order valence-electron chi connectivity index (χ2n) is 4.26. The van der Waals surface area contributed by atoms with Crippen molar-refractivity contribution in [3.8, 4) is 10.1 Å². The van der Waals surface area contributed by atoms with E-state index in [0.717, 1.165) is 22.9 Å². The lowest BCUT2D eigenvalue weighted by atomic mass is 10.5. The third kappa shape index (κ3) is 6.11. The van der Waals surface area contributed by atoms with E-state index >= 15 is 0 Å². The van der Waals surface area contributed by atoms with Gasteiger partial charge in [-0.25, -0.2) is 18.5 Å². The summed E-state index contributed by atoms with van der Waals surface area (Å²) < 4.78 is 46.0. The second kappa shape index (κ2) is 7.33. The van der Waals surface area contributed by atoms with Gasteiger partial charge in [0.1, 0.15) is 5.00 Å². The molecule has 0 radical (unpaired) electrons. The molecule has 144 valence electrons. The monoisotopic (exact) mass is 450 g/mol. The summed E-state index contributed by atoms with van der Waals surface area (Å²) in [5, 5.41) is -0.222. The van der Waals surface area contributed by atoms with Gasteiger partial charge in [0.15, 0.2) is 5.06 Å². The van der Waals surface area contributed by atoms with Gasteiger partial charge in [-0.1, -0.05) is 11.3 Å². The summed E-state index contributed by atoms with van der Waals surface area (Å²) in [6.07, 6.45) is 1.13. The lowest BCUT2D eigenvalue weighted by Gasteiger charge is -2.15. The summed E-state index contributed by atoms with van der Waals surface area (Å²) in [4.78, 5) is 59.9. The Bertz CT molecular complexity index is 1060. The van der Waals surface area contributed by atoms with E-state index in [1.165, 1.54) is 6.07 Å². The first kappa shape index (κ1) is 20.9. The number of H-pyrrole nitrogens is 1. The predicted octanol–water partition coefficient (Wildman–Crippen LogP) is 0.293. The molecule has 14 nitrogen and oxygen atoms in total. The fourth-order valence-corrected chi connectivity index (χ4v) is 5.57. The SMILES string of the molecule is O=c1ccn(-c2ccc(OP(=O)(O)OP(=O)(O)OP(=O)(O)O)s2)c(=O)[nH]1. The zero-order valence-electron chi connectivity index (χ0n) is 12.1. The highest BCUT2D eigenvalue weighted by Crippen LogP contribution is 2.66. The van der Waals surface area contributed by atoms with Crippen LogP contribution >= 0.6 is 34.8 Å². The molecule has 0 amide bonds. The summed E-state index contributed by atoms with van der Waals surface area (Å²) in [5.41, 5.74) is -1.44. The first-order chi connectivity index (χ1) is 11.8. The van der Waals surface area contributed by atoms with Gasteiger partial charge < -0.3 is 19.2 Å². The van der Waals surface area contributed by atoms with Crippen LogP contribution in [-0.4, -0.2) is 29.1 Å². The van der Waals surface area contributed by atoms with Crippen molar-refractivity contribution in [2.45, 2.75) is 0 Å². The zero-order valence-corrected chi connectivity index (χ0v) is 15.6. The van der Waals surface area contributed by atoms with Gasteiger partial charge in [0.25, 0.3) is 5.56 Å². The van der Waals surface area contributed by atoms with Gasteiger partial charge in [0, 0.05) is 12.3 Å². The minimum atomic E-state index is -5.63. The molecule has 0 aliphatic carbocycles. The van der Waals surface area contributed by atoms with E-state index in [1.54, 1.807) is 0 Å². The Morgan fingerprint density at radius 3 is 2.19 bits per heavy atom. The van der Waals surface area contributed by atoms with Crippen LogP contribution in [0, 0.1) is 0 Å². The minimum Gasteiger partial charge on any atom is -0.393 e. The third-order valence-corrected chi connectivity index (χ3v) is 7.09. The summed E-state index contributed by atoms with van der Waals surface area (Å²) in [6.45, 7) is 0. The largest absolute Gasteiger partial charge is 0.537 e. The molecule has 0 aliphatic heterocycles. The number of rotatable bonds is 7. The van der Waals surface area contributed by atoms with E-state index in [1.807, 2.05) is 4.98 Å². The molecule has 2 atom stereocenters. The molecule has 0 saturated heterocycles. The maximum Gasteiger partial charge on any atom is 0.537 e. The highest BCUT2D eigenvalue weighted by atomic mass is 32.1. The van der Waals surface area contributed by atoms with Crippen LogP contribution < -0.4 is 15.8 Å². The third-order valence-electron chi connectivity index (χ3n) is 2.25. The number of hydrogen-bond acceptors (Lipinski definition) is 9. The zero-order chi connectivity index (χ0) is 19.8. The molecular formula is C8H9N2O12P3S. The maximum absolute atomic E-state index is 11.7. The molecule has 2 aromatic heterocycles. The van der Waals surface area contributed by atoms with Crippen LogP contribution in [0.1, 0.15) is 0 Å². The van der Waals surface area contributed by atoms with Crippen molar-refractivity contribution in [3.05, 3.63) is 45.2 Å². The normalized spacial score (nSPS) is 16.6. The van der Waals surface area contributed by atoms with Crippen molar-refractivity contribution in [2.24, 2.45) is 0 Å². The molecule has 2 rings (SSSR count). The molecule has 0 bridgehead atoms. The molecule has 0 aromatic carbocycles. The quantitative estimate of drug-likeness (QED) is 0.360. The fraction of sp³-hybridized carbons (Fsp3) is 0. The van der Waals surface area contributed by atoms with Crippen molar-refractivity contribution in [3.63, 3.8) is 0 Å². The number of thiophene rings is 1. The summed E-state index contributed by atoms with van der Waals surface area (Å²) >= 11 is 0.613. The first-order valence-electron chi connectivity index (χ1n) is 6.02. The molecule has 5 N–H and O–H groups in total. The standard InChI is InChI=1S/C8H9N2O12P3S/c11-5-3-4-10(8(12)9-5)6-1-2-7(26-6)20-24(16,17)22-25(18,19)21-23(13,14)15/h1-4H,(H,16,17)(H,18,19)(H,9,11,12)(H2,13,14,15). The Morgan fingerprint density at radius 2 is 1.62 bits per heavy atom. The average Bonchev–Trinajstić information content (AvgIpc) is 2.81. The maximum atomic E-state index is 11.7. The van der Waals surface area contributed by atoms with Crippen molar-refractivity contribution in [1.29, 1.82) is 0 Å². The van der Waals surface area contributed by atoms with Crippen LogP contribution in [0.4, 0.5) is 0 Å². The van der Waals surface area contributed by atoms with Crippen molar-refractivity contribution in [1.82, 2.24) is 9.55 Å². The minimum absolute atomic E-state index is 0.139. The highest BCUT2D eigenvalue weighted by molar-refractivity contribution is 7.66. The average molecular weight is 450 g/mol. The Hall–Kier alpha value is -1.37. The van der Waals surface area contributed by atoms with Crippen LogP contribution in [-0.2, 0) is 22.3 Å². The number of aromatic amines is 1. The molecule has 18 heteroatoms. The van der Waals surface area contributed by atoms with E-state index in [4.69, 9.17) is 14.7 Å². The van der Waals surface area contributed by atoms with E-state index in [2.05, 4.69) is 13.1 Å². The highest BCUT2D eigenvalue weighted by Gasteiger charge is 2.41. The molecule has 2 aromatic rings. The lowest BCUT2D eigenvalue weighted by molar-refractivity contribution is 0.207. The Balaban J connectivity index is 2.18. The topological polar surface area (TPSA) is 215 Å². The predicted molar refractivity (Wildman–Crippen MR) is 85.0 cm³/mol. The van der Waals surface area contributed by atoms with E-state index < -0.39 is 34.7 Å². The lowest BCUT2D eigenvalue weighted by Crippen LogP contribution is -2.26. The van der Waals surface area contributed by atoms with Gasteiger partial charge in [-0.05, 0) is 12.1 Å². The van der Waals surface area contributed by atoms with Gasteiger partial charge in [-0.3, -0.25) is 19.2 Å². The van der Waals surface area contributed by atoms with Crippen molar-refractivity contribution < 1.29 is 46.4 Å². The smallest absolute Gasteiger partial charge is 0.393 e. The van der Waals surface area contributed by atoms with E-state index in [0.29, 0.717) is 11.3 Å². The number of aromatic nitrogens is 2. The molecule has 0 aliphatic rings. The fourth-order valence-electron chi connectivity index (χ4n) is 1.49. The molecular weight excluding hydrogens is 441 g/mol. The van der Waals surface area contributed by atoms with Gasteiger partial charge in [-0.2, -0.15) is 8.62 Å². The summed E-state index contributed by atoms with van der Waals surface area (Å²) in [6, 6.07) is 3.39. The summed E-state index contributed by atoms with van der Waals surface area (Å²) in [5.74, 6) is 0. The van der Waals surface area contributed by atoms with Crippen molar-refractivity contribution in [2.75, 3.05) is 0 Å². The summed E-state index contributed by atoms with van der Waals surface area (Å²) in [7, 11) is -16.5. The van der Waals surface area contributed by atoms with E-state index in [-0.39, 0.29) is 10.1 Å². The number of nitrogens with zero attached hydrogens (tertiary/aromatic N) is 1. The molecule has 2 unspecified atom stereocenters. The number of hydrogen-bond donors (Lipinski definition) is 5. The van der Waals surface area contributed by atoms with Crippen LogP contribution in [0.15, 0.2) is 34.0 Å².